The molecule has 0 spiro atoms. The Morgan fingerprint density at radius 3 is 2.56 bits per heavy atom. The molecule has 0 unspecified atom stereocenters. The number of rotatable bonds is 2. The average Bonchev–Trinajstić information content (AvgIpc) is 2.84. The summed E-state index contributed by atoms with van der Waals surface area (Å²) < 4.78 is 0. The molecule has 4 rings (SSSR count). The normalized spacial score (nSPS) is 46.4. The van der Waals surface area contributed by atoms with Crippen LogP contribution >= 0.6 is 0 Å². The molecule has 148 valence electrons. The summed E-state index contributed by atoms with van der Waals surface area (Å²) in [5, 5.41) is 28.6. The second-order valence-electron chi connectivity index (χ2n) is 9.84. The molecule has 4 aliphatic rings. The van der Waals surface area contributed by atoms with Crippen molar-refractivity contribution in [3.05, 3.63) is 23.8 Å². The minimum absolute atomic E-state index is 0.00490. The Balaban J connectivity index is 1.68. The van der Waals surface area contributed by atoms with E-state index in [1.165, 1.54) is 5.57 Å². The molecule has 0 aromatic carbocycles. The number of ketones is 2. The standard InChI is InChI=1S/C22H30O5/c1-12-10-17-15-5-4-13-11-14(23)6-8-20(13,2)16(15)7-9-21(17,3)18(12)19(24)22(25,26)27/h6,8,11-12,15-18,25-27H,4-5,7,9-10H2,1-3H3/t12-,15+,16-,17-,18+,20-,21-/m0/s1. The fourth-order valence-corrected chi connectivity index (χ4v) is 7.33. The third kappa shape index (κ3) is 2.62. The van der Waals surface area contributed by atoms with Crippen molar-refractivity contribution in [3.63, 3.8) is 0 Å². The zero-order chi connectivity index (χ0) is 19.8. The molecule has 3 N–H and O–H groups in total. The summed E-state index contributed by atoms with van der Waals surface area (Å²) in [5.41, 5.74) is 0.805. The van der Waals surface area contributed by atoms with E-state index in [9.17, 15) is 24.9 Å². The Morgan fingerprint density at radius 1 is 1.19 bits per heavy atom. The fourth-order valence-electron chi connectivity index (χ4n) is 7.33. The number of carbonyl (C=O) groups excluding carboxylic acids is 2. The van der Waals surface area contributed by atoms with Gasteiger partial charge in [-0.05, 0) is 73.3 Å². The van der Waals surface area contributed by atoms with E-state index in [-0.39, 0.29) is 22.5 Å². The fraction of sp³-hybridized carbons (Fsp3) is 0.727. The van der Waals surface area contributed by atoms with Crippen LogP contribution in [0.1, 0.15) is 52.9 Å². The molecular formula is C22H30O5. The zero-order valence-electron chi connectivity index (χ0n) is 16.3. The van der Waals surface area contributed by atoms with Crippen LogP contribution in [0.3, 0.4) is 0 Å². The first-order chi connectivity index (χ1) is 12.5. The molecule has 5 heteroatoms. The van der Waals surface area contributed by atoms with Crippen molar-refractivity contribution in [2.75, 3.05) is 0 Å². The molecule has 7 atom stereocenters. The third-order valence-corrected chi connectivity index (χ3v) is 8.51. The van der Waals surface area contributed by atoms with Gasteiger partial charge in [-0.15, -0.1) is 0 Å². The van der Waals surface area contributed by atoms with Crippen LogP contribution in [-0.2, 0) is 9.59 Å². The highest BCUT2D eigenvalue weighted by atomic mass is 16.7. The van der Waals surface area contributed by atoms with Gasteiger partial charge in [0.05, 0.1) is 0 Å². The lowest BCUT2D eigenvalue weighted by Crippen LogP contribution is -2.53. The monoisotopic (exact) mass is 374 g/mol. The number of allylic oxidation sites excluding steroid dienone is 4. The number of Topliss-reactive ketones (excluding diaryl/α,β-unsaturated/α-hetero) is 1. The number of aliphatic hydroxyl groups is 3. The molecule has 27 heavy (non-hydrogen) atoms. The maximum Gasteiger partial charge on any atom is 0.339 e. The predicted octanol–water partition coefficient (Wildman–Crippen LogP) is 2.36. The number of carbonyl (C=O) groups is 2. The van der Waals surface area contributed by atoms with E-state index in [1.807, 2.05) is 13.0 Å². The van der Waals surface area contributed by atoms with Gasteiger partial charge in [-0.25, -0.2) is 0 Å². The van der Waals surface area contributed by atoms with Crippen LogP contribution in [0.2, 0.25) is 0 Å². The molecule has 0 bridgehead atoms. The first-order valence-corrected chi connectivity index (χ1v) is 10.1. The smallest absolute Gasteiger partial charge is 0.337 e. The molecule has 5 nitrogen and oxygen atoms in total. The van der Waals surface area contributed by atoms with Gasteiger partial charge in [0.1, 0.15) is 0 Å². The van der Waals surface area contributed by atoms with E-state index in [0.29, 0.717) is 17.8 Å². The van der Waals surface area contributed by atoms with Crippen LogP contribution in [0.4, 0.5) is 0 Å². The maximum atomic E-state index is 12.6. The number of hydrogen-bond acceptors (Lipinski definition) is 5. The summed E-state index contributed by atoms with van der Waals surface area (Å²) in [7, 11) is 0. The molecule has 0 heterocycles. The average molecular weight is 374 g/mol. The van der Waals surface area contributed by atoms with Crippen molar-refractivity contribution < 1.29 is 24.9 Å². The lowest BCUT2D eigenvalue weighted by molar-refractivity contribution is -0.292. The van der Waals surface area contributed by atoms with Crippen LogP contribution in [0.25, 0.3) is 0 Å². The lowest BCUT2D eigenvalue weighted by atomic mass is 9.47. The first kappa shape index (κ1) is 19.0. The van der Waals surface area contributed by atoms with E-state index in [1.54, 1.807) is 6.08 Å². The lowest BCUT2D eigenvalue weighted by Gasteiger charge is -2.57. The minimum Gasteiger partial charge on any atom is -0.337 e. The largest absolute Gasteiger partial charge is 0.339 e. The number of fused-ring (bicyclic) bond motifs is 5. The molecule has 3 saturated carbocycles. The summed E-state index contributed by atoms with van der Waals surface area (Å²) in [4.78, 5) is 24.5. The molecule has 0 radical (unpaired) electrons. The Morgan fingerprint density at radius 2 is 1.89 bits per heavy atom. The third-order valence-electron chi connectivity index (χ3n) is 8.51. The van der Waals surface area contributed by atoms with Crippen molar-refractivity contribution in [1.29, 1.82) is 0 Å². The van der Waals surface area contributed by atoms with Crippen molar-refractivity contribution in [1.82, 2.24) is 0 Å². The second kappa shape index (κ2) is 5.85. The van der Waals surface area contributed by atoms with Gasteiger partial charge in [-0.3, -0.25) is 9.59 Å². The maximum absolute atomic E-state index is 12.6. The first-order valence-electron chi connectivity index (χ1n) is 10.1. The summed E-state index contributed by atoms with van der Waals surface area (Å²) >= 11 is 0. The quantitative estimate of drug-likeness (QED) is 0.645. The van der Waals surface area contributed by atoms with E-state index >= 15 is 0 Å². The summed E-state index contributed by atoms with van der Waals surface area (Å²) in [6.07, 6.45) is 10.1. The topological polar surface area (TPSA) is 94.8 Å². The molecule has 4 aliphatic carbocycles. The van der Waals surface area contributed by atoms with E-state index in [4.69, 9.17) is 0 Å². The molecule has 0 amide bonds. The second-order valence-corrected chi connectivity index (χ2v) is 9.84. The van der Waals surface area contributed by atoms with Gasteiger partial charge in [0.25, 0.3) is 0 Å². The highest BCUT2D eigenvalue weighted by Gasteiger charge is 2.63. The van der Waals surface area contributed by atoms with Crippen LogP contribution in [0, 0.1) is 40.4 Å². The molecule has 0 saturated heterocycles. The zero-order valence-corrected chi connectivity index (χ0v) is 16.3. The van der Waals surface area contributed by atoms with Gasteiger partial charge in [-0.2, -0.15) is 0 Å². The van der Waals surface area contributed by atoms with Gasteiger partial charge in [0.2, 0.25) is 5.78 Å². The van der Waals surface area contributed by atoms with Crippen molar-refractivity contribution >= 4 is 11.6 Å². The highest BCUT2D eigenvalue weighted by molar-refractivity contribution is 6.01. The van der Waals surface area contributed by atoms with Gasteiger partial charge in [0, 0.05) is 11.3 Å². The van der Waals surface area contributed by atoms with Gasteiger partial charge in [0.15, 0.2) is 5.78 Å². The Hall–Kier alpha value is -1.30. The minimum atomic E-state index is -3.26. The summed E-state index contributed by atoms with van der Waals surface area (Å²) in [6, 6.07) is 0. The predicted molar refractivity (Wildman–Crippen MR) is 99.0 cm³/mol. The van der Waals surface area contributed by atoms with Crippen LogP contribution in [0.5, 0.6) is 0 Å². The van der Waals surface area contributed by atoms with Crippen molar-refractivity contribution in [2.24, 2.45) is 40.4 Å². The Bertz CT molecular complexity index is 744. The number of hydrogen-bond donors (Lipinski definition) is 3. The van der Waals surface area contributed by atoms with E-state index in [2.05, 4.69) is 19.9 Å². The van der Waals surface area contributed by atoms with Crippen molar-refractivity contribution in [3.8, 4) is 0 Å². The Labute approximate surface area is 160 Å². The molecular weight excluding hydrogens is 344 g/mol. The highest BCUT2D eigenvalue weighted by Crippen LogP contribution is 2.67. The Kier molecular flexibility index (Phi) is 4.12. The van der Waals surface area contributed by atoms with E-state index in [0.717, 1.165) is 32.1 Å². The van der Waals surface area contributed by atoms with Gasteiger partial charge in [-0.1, -0.05) is 32.4 Å². The van der Waals surface area contributed by atoms with Gasteiger partial charge < -0.3 is 15.3 Å². The van der Waals surface area contributed by atoms with Crippen molar-refractivity contribution in [2.45, 2.75) is 58.8 Å². The van der Waals surface area contributed by atoms with Crippen LogP contribution in [0.15, 0.2) is 23.8 Å². The summed E-state index contributed by atoms with van der Waals surface area (Å²) in [6.45, 7) is 6.32. The molecule has 0 aliphatic heterocycles. The molecule has 3 fully saturated rings. The van der Waals surface area contributed by atoms with Crippen LogP contribution < -0.4 is 0 Å². The molecule has 0 aromatic heterocycles. The molecule has 0 aromatic rings. The van der Waals surface area contributed by atoms with Gasteiger partial charge >= 0.3 is 5.97 Å². The summed E-state index contributed by atoms with van der Waals surface area (Å²) in [5.74, 6) is -3.39. The van der Waals surface area contributed by atoms with Crippen LogP contribution in [-0.4, -0.2) is 32.9 Å². The van der Waals surface area contributed by atoms with E-state index < -0.39 is 17.7 Å². The SMILES string of the molecule is C[C@H]1C[C@H]2[C@@H]3CCC4=CC(=O)C=C[C@]4(C)[C@H]3CC[C@]2(C)[C@H]1C(=O)C(O)(O)O.